The number of anilines is 1. The molecule has 0 aliphatic carbocycles. The van der Waals surface area contributed by atoms with Crippen molar-refractivity contribution in [3.8, 4) is 16.8 Å². The third kappa shape index (κ3) is 5.08. The molecule has 5 heterocycles. The van der Waals surface area contributed by atoms with Crippen molar-refractivity contribution < 1.29 is 14.0 Å². The molecule has 47 heavy (non-hydrogen) atoms. The molecule has 2 aromatic carbocycles. The van der Waals surface area contributed by atoms with E-state index in [-0.39, 0.29) is 29.1 Å². The van der Waals surface area contributed by atoms with E-state index < -0.39 is 23.2 Å². The Kier molecular flexibility index (Phi) is 7.65. The standard InChI is InChI=1S/C35H37FN8O3/c1-20(2)34(46)41-15-12-21(13-16-41)28-18-26(31-32(37)39-19-40-43(28)31)25-11-10-22(17-27(25)36)24-9-6-14-42-30(24)29(33(38)45)35(47)44(42)23-7-4-3-5-8-23/h3-5,7-8,10-11,17-21,24H,6,9,12-16H2,1-2H3,(H2,38,45)(H2,37,39,40). The number of nitrogens with two attached hydrogens (primary N) is 2. The van der Waals surface area contributed by atoms with Crippen LogP contribution >= 0.6 is 0 Å². The number of nitrogen functional groups attached to an aromatic ring is 1. The number of carbonyl (C=O) groups excluding carboxylic acids is 2. The van der Waals surface area contributed by atoms with Gasteiger partial charge in [-0.05, 0) is 55.5 Å². The van der Waals surface area contributed by atoms with Crippen molar-refractivity contribution in [1.29, 1.82) is 0 Å². The first-order chi connectivity index (χ1) is 22.7. The average molecular weight is 637 g/mol. The summed E-state index contributed by atoms with van der Waals surface area (Å²) in [4.78, 5) is 44.9. The van der Waals surface area contributed by atoms with Crippen LogP contribution in [0.15, 0.2) is 65.7 Å². The van der Waals surface area contributed by atoms with Crippen LogP contribution in [0.25, 0.3) is 22.3 Å². The Labute approximate surface area is 270 Å². The van der Waals surface area contributed by atoms with Gasteiger partial charge in [0.05, 0.1) is 11.4 Å². The molecule has 4 N–H and O–H groups in total. The number of halogens is 1. The number of carbonyl (C=O) groups is 2. The van der Waals surface area contributed by atoms with Gasteiger partial charge in [0.15, 0.2) is 5.82 Å². The summed E-state index contributed by atoms with van der Waals surface area (Å²) in [6.07, 6.45) is 4.25. The number of amides is 2. The Morgan fingerprint density at radius 1 is 0.979 bits per heavy atom. The first-order valence-electron chi connectivity index (χ1n) is 16.1. The number of primary amides is 1. The van der Waals surface area contributed by atoms with E-state index in [4.69, 9.17) is 11.5 Å². The highest BCUT2D eigenvalue weighted by molar-refractivity contribution is 5.94. The van der Waals surface area contributed by atoms with Crippen LogP contribution in [0, 0.1) is 11.7 Å². The summed E-state index contributed by atoms with van der Waals surface area (Å²) in [6, 6.07) is 16.1. The molecule has 0 radical (unpaired) electrons. The predicted octanol–water partition coefficient (Wildman–Crippen LogP) is 4.46. The summed E-state index contributed by atoms with van der Waals surface area (Å²) in [5.74, 6) is -1.26. The van der Waals surface area contributed by atoms with Gasteiger partial charge < -0.3 is 16.4 Å². The van der Waals surface area contributed by atoms with Crippen LogP contribution < -0.4 is 17.0 Å². The van der Waals surface area contributed by atoms with Crippen LogP contribution in [0.5, 0.6) is 0 Å². The highest BCUT2D eigenvalue weighted by Crippen LogP contribution is 2.40. The Hall–Kier alpha value is -5.26. The summed E-state index contributed by atoms with van der Waals surface area (Å²) in [6.45, 7) is 5.61. The lowest BCUT2D eigenvalue weighted by Gasteiger charge is -2.33. The smallest absolute Gasteiger partial charge is 0.284 e. The van der Waals surface area contributed by atoms with Gasteiger partial charge in [0.1, 0.15) is 23.2 Å². The molecule has 0 bridgehead atoms. The van der Waals surface area contributed by atoms with Gasteiger partial charge in [0, 0.05) is 54.2 Å². The maximum atomic E-state index is 16.3. The van der Waals surface area contributed by atoms with Gasteiger partial charge in [-0.3, -0.25) is 19.1 Å². The van der Waals surface area contributed by atoms with Gasteiger partial charge in [0.25, 0.3) is 11.5 Å². The first-order valence-corrected chi connectivity index (χ1v) is 16.1. The molecule has 0 spiro atoms. The second-order valence-corrected chi connectivity index (χ2v) is 12.8. The van der Waals surface area contributed by atoms with E-state index in [9.17, 15) is 14.4 Å². The zero-order chi connectivity index (χ0) is 33.0. The Bertz CT molecular complexity index is 2070. The highest BCUT2D eigenvalue weighted by Gasteiger charge is 2.34. The number of aromatic nitrogens is 5. The van der Waals surface area contributed by atoms with Gasteiger partial charge in [-0.2, -0.15) is 5.10 Å². The number of hydrogen-bond donors (Lipinski definition) is 2. The number of rotatable bonds is 6. The SMILES string of the molecule is CC(C)C(=O)N1CCC(c2cc(-c3ccc(C4CCCn5c4c(C(N)=O)c(=O)n5-c4ccccc4)cc3F)c3c(N)ncnn23)CC1. The highest BCUT2D eigenvalue weighted by atomic mass is 19.1. The lowest BCUT2D eigenvalue weighted by atomic mass is 9.86. The van der Waals surface area contributed by atoms with Gasteiger partial charge in [0.2, 0.25) is 5.91 Å². The fourth-order valence-electron chi connectivity index (χ4n) is 7.42. The summed E-state index contributed by atoms with van der Waals surface area (Å²) < 4.78 is 21.4. The van der Waals surface area contributed by atoms with Crippen molar-refractivity contribution in [2.75, 3.05) is 18.8 Å². The predicted molar refractivity (Wildman–Crippen MR) is 176 cm³/mol. The van der Waals surface area contributed by atoms with Gasteiger partial charge in [-0.25, -0.2) is 18.6 Å². The molecule has 242 valence electrons. The molecule has 5 aromatic rings. The van der Waals surface area contributed by atoms with Crippen molar-refractivity contribution in [2.24, 2.45) is 11.7 Å². The zero-order valence-electron chi connectivity index (χ0n) is 26.4. The Balaban J connectivity index is 1.27. The van der Waals surface area contributed by atoms with Gasteiger partial charge >= 0.3 is 0 Å². The normalized spacial score (nSPS) is 16.9. The number of hydrogen-bond acceptors (Lipinski definition) is 6. The molecule has 12 heteroatoms. The van der Waals surface area contributed by atoms with Crippen LogP contribution in [-0.2, 0) is 11.3 Å². The summed E-state index contributed by atoms with van der Waals surface area (Å²) in [5.41, 5.74) is 15.7. The zero-order valence-corrected chi connectivity index (χ0v) is 26.4. The minimum atomic E-state index is -0.805. The van der Waals surface area contributed by atoms with Crippen LogP contribution in [0.3, 0.4) is 0 Å². The van der Waals surface area contributed by atoms with Crippen LogP contribution in [0.4, 0.5) is 10.2 Å². The van der Waals surface area contributed by atoms with E-state index in [2.05, 4.69) is 10.1 Å². The lowest BCUT2D eigenvalue weighted by molar-refractivity contribution is -0.135. The Morgan fingerprint density at radius 2 is 1.72 bits per heavy atom. The molecule has 1 atom stereocenters. The maximum Gasteiger partial charge on any atom is 0.284 e. The molecule has 1 unspecified atom stereocenters. The van der Waals surface area contributed by atoms with E-state index in [1.165, 1.54) is 17.1 Å². The number of nitrogens with zero attached hydrogens (tertiary/aromatic N) is 6. The van der Waals surface area contributed by atoms with E-state index in [0.29, 0.717) is 59.6 Å². The van der Waals surface area contributed by atoms with Crippen molar-refractivity contribution in [3.63, 3.8) is 0 Å². The lowest BCUT2D eigenvalue weighted by Crippen LogP contribution is -2.40. The second kappa shape index (κ2) is 11.8. The van der Waals surface area contributed by atoms with E-state index >= 15 is 4.39 Å². The van der Waals surface area contributed by atoms with E-state index in [1.807, 2.05) is 53.8 Å². The number of likely N-dealkylation sites (tertiary alicyclic amines) is 1. The molecular weight excluding hydrogens is 599 g/mol. The van der Waals surface area contributed by atoms with E-state index in [1.54, 1.807) is 22.7 Å². The molecule has 0 saturated carbocycles. The van der Waals surface area contributed by atoms with Crippen molar-refractivity contribution in [3.05, 3.63) is 99.6 Å². The van der Waals surface area contributed by atoms with E-state index in [0.717, 1.165) is 25.0 Å². The third-order valence-corrected chi connectivity index (χ3v) is 9.64. The van der Waals surface area contributed by atoms with Crippen molar-refractivity contribution in [2.45, 2.75) is 57.9 Å². The summed E-state index contributed by atoms with van der Waals surface area (Å²) in [5, 5.41) is 4.50. The number of fused-ring (bicyclic) bond motifs is 2. The quantitative estimate of drug-likeness (QED) is 0.282. The van der Waals surface area contributed by atoms with Crippen LogP contribution in [0.1, 0.15) is 78.7 Å². The molecule has 1 saturated heterocycles. The molecule has 2 aliphatic rings. The van der Waals surface area contributed by atoms with Gasteiger partial charge in [-0.1, -0.05) is 44.2 Å². The van der Waals surface area contributed by atoms with Crippen molar-refractivity contribution in [1.82, 2.24) is 28.9 Å². The van der Waals surface area contributed by atoms with Crippen LogP contribution in [0.2, 0.25) is 0 Å². The molecule has 3 aromatic heterocycles. The fraction of sp³-hybridized carbons (Fsp3) is 0.343. The first kappa shape index (κ1) is 30.4. The summed E-state index contributed by atoms with van der Waals surface area (Å²) >= 11 is 0. The maximum absolute atomic E-state index is 16.3. The molecule has 1 fully saturated rings. The van der Waals surface area contributed by atoms with Gasteiger partial charge in [-0.15, -0.1) is 0 Å². The molecule has 11 nitrogen and oxygen atoms in total. The van der Waals surface area contributed by atoms with Crippen molar-refractivity contribution >= 4 is 23.1 Å². The van der Waals surface area contributed by atoms with Crippen LogP contribution in [-0.4, -0.2) is 53.8 Å². The number of piperidine rings is 1. The summed E-state index contributed by atoms with van der Waals surface area (Å²) in [7, 11) is 0. The average Bonchev–Trinajstić information content (AvgIpc) is 3.60. The molecule has 2 aliphatic heterocycles. The number of para-hydroxylation sites is 1. The fourth-order valence-corrected chi connectivity index (χ4v) is 7.42. The third-order valence-electron chi connectivity index (χ3n) is 9.64. The largest absolute Gasteiger partial charge is 0.382 e. The molecule has 2 amide bonds. The topological polar surface area (TPSA) is 147 Å². The number of benzene rings is 2. The minimum absolute atomic E-state index is 0.0573. The Morgan fingerprint density at radius 3 is 2.40 bits per heavy atom. The second-order valence-electron chi connectivity index (χ2n) is 12.8. The minimum Gasteiger partial charge on any atom is -0.382 e. The molecule has 7 rings (SSSR count). The molecular formula is C35H37FN8O3. The monoisotopic (exact) mass is 636 g/mol.